The van der Waals surface area contributed by atoms with Gasteiger partial charge >= 0.3 is 0 Å². The molecule has 94 valence electrons. The van der Waals surface area contributed by atoms with Crippen molar-refractivity contribution in [2.45, 2.75) is 38.7 Å². The van der Waals surface area contributed by atoms with E-state index in [1.807, 2.05) is 0 Å². The predicted octanol–water partition coefficient (Wildman–Crippen LogP) is 4.45. The van der Waals surface area contributed by atoms with Crippen LogP contribution in [-0.4, -0.2) is 5.11 Å². The number of halogens is 2. The van der Waals surface area contributed by atoms with Crippen molar-refractivity contribution in [2.75, 3.05) is 0 Å². The molecule has 0 radical (unpaired) electrons. The number of rotatable bonds is 2. The van der Waals surface area contributed by atoms with E-state index < -0.39 is 6.10 Å². The summed E-state index contributed by atoms with van der Waals surface area (Å²) in [6.07, 6.45) is 4.04. The van der Waals surface area contributed by atoms with E-state index in [0.717, 1.165) is 24.3 Å². The number of aliphatic hydroxyl groups excluding tert-OH is 1. The van der Waals surface area contributed by atoms with Gasteiger partial charge in [-0.05, 0) is 58.3 Å². The van der Waals surface area contributed by atoms with Gasteiger partial charge in [-0.15, -0.1) is 0 Å². The highest BCUT2D eigenvalue weighted by molar-refractivity contribution is 9.10. The van der Waals surface area contributed by atoms with Crippen molar-refractivity contribution >= 4 is 15.9 Å². The van der Waals surface area contributed by atoms with Crippen molar-refractivity contribution in [3.05, 3.63) is 34.1 Å². The highest BCUT2D eigenvalue weighted by atomic mass is 79.9. The lowest BCUT2D eigenvalue weighted by molar-refractivity contribution is 0.0754. The summed E-state index contributed by atoms with van der Waals surface area (Å²) in [6, 6.07) is 4.79. The number of hydrogen-bond donors (Lipinski definition) is 1. The molecule has 1 saturated carbocycles. The van der Waals surface area contributed by atoms with Crippen LogP contribution in [0.5, 0.6) is 0 Å². The van der Waals surface area contributed by atoms with Gasteiger partial charge in [0.1, 0.15) is 5.82 Å². The van der Waals surface area contributed by atoms with Crippen LogP contribution in [0.1, 0.15) is 44.3 Å². The molecular formula is C14H18BrFO. The number of aliphatic hydroxyl groups is 1. The lowest BCUT2D eigenvalue weighted by atomic mass is 9.78. The van der Waals surface area contributed by atoms with Gasteiger partial charge in [0, 0.05) is 0 Å². The minimum absolute atomic E-state index is 0.279. The van der Waals surface area contributed by atoms with E-state index >= 15 is 0 Å². The molecular weight excluding hydrogens is 283 g/mol. The summed E-state index contributed by atoms with van der Waals surface area (Å²) in [5, 5.41) is 10.3. The maximum atomic E-state index is 13.1. The maximum absolute atomic E-state index is 13.1. The Balaban J connectivity index is 2.08. The summed E-state index contributed by atoms with van der Waals surface area (Å²) in [5.41, 5.74) is 0.817. The molecule has 1 aliphatic rings. The first kappa shape index (κ1) is 13.0. The average Bonchev–Trinajstić information content (AvgIpc) is 2.33. The third-order valence-corrected chi connectivity index (χ3v) is 4.40. The molecule has 1 aromatic rings. The first-order valence-corrected chi connectivity index (χ1v) is 7.00. The molecule has 17 heavy (non-hydrogen) atoms. The normalized spacial score (nSPS) is 26.8. The fourth-order valence-corrected chi connectivity index (χ4v) is 2.97. The van der Waals surface area contributed by atoms with Crippen molar-refractivity contribution in [1.82, 2.24) is 0 Å². The summed E-state index contributed by atoms with van der Waals surface area (Å²) in [6.45, 7) is 2.26. The van der Waals surface area contributed by atoms with E-state index in [0.29, 0.717) is 10.4 Å². The predicted molar refractivity (Wildman–Crippen MR) is 70.2 cm³/mol. The Hall–Kier alpha value is -0.410. The van der Waals surface area contributed by atoms with Gasteiger partial charge in [-0.25, -0.2) is 4.39 Å². The van der Waals surface area contributed by atoms with E-state index in [2.05, 4.69) is 22.9 Å². The number of hydrogen-bond acceptors (Lipinski definition) is 1. The molecule has 0 amide bonds. The van der Waals surface area contributed by atoms with Gasteiger partial charge in [0.25, 0.3) is 0 Å². The van der Waals surface area contributed by atoms with E-state index in [-0.39, 0.29) is 5.82 Å². The van der Waals surface area contributed by atoms with Crippen molar-refractivity contribution < 1.29 is 9.50 Å². The summed E-state index contributed by atoms with van der Waals surface area (Å²) in [4.78, 5) is 0. The zero-order chi connectivity index (χ0) is 12.4. The van der Waals surface area contributed by atoms with Crippen LogP contribution >= 0.6 is 15.9 Å². The van der Waals surface area contributed by atoms with Gasteiger partial charge < -0.3 is 5.11 Å². The van der Waals surface area contributed by atoms with Gasteiger partial charge in [0.15, 0.2) is 0 Å². The van der Waals surface area contributed by atoms with Gasteiger partial charge in [-0.3, -0.25) is 0 Å². The summed E-state index contributed by atoms with van der Waals surface area (Å²) in [7, 11) is 0. The van der Waals surface area contributed by atoms with Gasteiger partial charge in [0.05, 0.1) is 10.6 Å². The third-order valence-electron chi connectivity index (χ3n) is 3.79. The average molecular weight is 301 g/mol. The highest BCUT2D eigenvalue weighted by Gasteiger charge is 2.25. The topological polar surface area (TPSA) is 20.2 Å². The second-order valence-corrected chi connectivity index (χ2v) is 5.99. The molecule has 0 spiro atoms. The molecule has 1 aromatic carbocycles. The zero-order valence-electron chi connectivity index (χ0n) is 10.00. The Labute approximate surface area is 110 Å². The van der Waals surface area contributed by atoms with Crippen molar-refractivity contribution in [3.8, 4) is 0 Å². The van der Waals surface area contributed by atoms with Crippen LogP contribution in [0.4, 0.5) is 4.39 Å². The summed E-state index contributed by atoms with van der Waals surface area (Å²) in [5.74, 6) is 0.820. The van der Waals surface area contributed by atoms with E-state index in [4.69, 9.17) is 0 Å². The fraction of sp³-hybridized carbons (Fsp3) is 0.571. The van der Waals surface area contributed by atoms with Crippen molar-refractivity contribution in [3.63, 3.8) is 0 Å². The molecule has 0 bridgehead atoms. The smallest absolute Gasteiger partial charge is 0.137 e. The van der Waals surface area contributed by atoms with Crippen LogP contribution in [0.25, 0.3) is 0 Å². The van der Waals surface area contributed by atoms with Gasteiger partial charge in [0.2, 0.25) is 0 Å². The van der Waals surface area contributed by atoms with Crippen LogP contribution in [-0.2, 0) is 0 Å². The molecule has 1 aliphatic carbocycles. The van der Waals surface area contributed by atoms with Crippen LogP contribution in [0, 0.1) is 17.7 Å². The Morgan fingerprint density at radius 3 is 2.53 bits per heavy atom. The Kier molecular flexibility index (Phi) is 4.21. The zero-order valence-corrected chi connectivity index (χ0v) is 11.6. The van der Waals surface area contributed by atoms with Crippen LogP contribution in [0.2, 0.25) is 0 Å². The quantitative estimate of drug-likeness (QED) is 0.855. The molecule has 1 N–H and O–H groups in total. The lowest BCUT2D eigenvalue weighted by Crippen LogP contribution is -2.19. The van der Waals surface area contributed by atoms with Gasteiger partial charge in [-0.1, -0.05) is 25.8 Å². The molecule has 0 heterocycles. The Bertz CT molecular complexity index is 386. The van der Waals surface area contributed by atoms with E-state index in [1.165, 1.54) is 18.9 Å². The molecule has 0 saturated heterocycles. The molecule has 0 aliphatic heterocycles. The minimum Gasteiger partial charge on any atom is -0.388 e. The van der Waals surface area contributed by atoms with Crippen molar-refractivity contribution in [1.29, 1.82) is 0 Å². The first-order valence-electron chi connectivity index (χ1n) is 6.21. The third kappa shape index (κ3) is 3.08. The Morgan fingerprint density at radius 1 is 1.29 bits per heavy atom. The second kappa shape index (κ2) is 5.49. The minimum atomic E-state index is -0.459. The Morgan fingerprint density at radius 2 is 1.94 bits per heavy atom. The number of benzene rings is 1. The van der Waals surface area contributed by atoms with Crippen molar-refractivity contribution in [2.24, 2.45) is 11.8 Å². The molecule has 1 unspecified atom stereocenters. The summed E-state index contributed by atoms with van der Waals surface area (Å²) >= 11 is 3.16. The van der Waals surface area contributed by atoms with E-state index in [1.54, 1.807) is 12.1 Å². The molecule has 1 fully saturated rings. The molecule has 3 heteroatoms. The largest absolute Gasteiger partial charge is 0.388 e. The SMILES string of the molecule is CC1CCC(C(O)c2ccc(F)c(Br)c2)CC1. The molecule has 2 rings (SSSR count). The highest BCUT2D eigenvalue weighted by Crippen LogP contribution is 2.37. The fourth-order valence-electron chi connectivity index (χ4n) is 2.57. The molecule has 1 atom stereocenters. The lowest BCUT2D eigenvalue weighted by Gasteiger charge is -2.30. The van der Waals surface area contributed by atoms with Crippen LogP contribution in [0.3, 0.4) is 0 Å². The van der Waals surface area contributed by atoms with Crippen LogP contribution < -0.4 is 0 Å². The maximum Gasteiger partial charge on any atom is 0.137 e. The summed E-state index contributed by atoms with van der Waals surface area (Å²) < 4.78 is 13.6. The van der Waals surface area contributed by atoms with Gasteiger partial charge in [-0.2, -0.15) is 0 Å². The van der Waals surface area contributed by atoms with Crippen LogP contribution in [0.15, 0.2) is 22.7 Å². The monoisotopic (exact) mass is 300 g/mol. The standard InChI is InChI=1S/C14H18BrFO/c1-9-2-4-10(5-3-9)14(17)11-6-7-13(16)12(15)8-11/h6-10,14,17H,2-5H2,1H3. The van der Waals surface area contributed by atoms with E-state index in [9.17, 15) is 9.50 Å². The first-order chi connectivity index (χ1) is 8.08. The molecule has 1 nitrogen and oxygen atoms in total. The molecule has 0 aromatic heterocycles. The second-order valence-electron chi connectivity index (χ2n) is 5.14.